The molecule has 3 rings (SSSR count). The summed E-state index contributed by atoms with van der Waals surface area (Å²) >= 11 is 3.46. The quantitative estimate of drug-likeness (QED) is 0.815. The van der Waals surface area contributed by atoms with Gasteiger partial charge < -0.3 is 19.9 Å². The van der Waals surface area contributed by atoms with Gasteiger partial charge in [0.2, 0.25) is 5.91 Å². The highest BCUT2D eigenvalue weighted by Gasteiger charge is 2.29. The molecule has 0 atom stereocenters. The molecule has 1 heterocycles. The number of hydrogen-bond acceptors (Lipinski definition) is 4. The molecule has 0 radical (unpaired) electrons. The molecule has 7 heteroatoms. The predicted octanol–water partition coefficient (Wildman–Crippen LogP) is 2.73. The minimum Gasteiger partial charge on any atom is -0.486 e. The van der Waals surface area contributed by atoms with E-state index in [0.29, 0.717) is 56.9 Å². The minimum atomic E-state index is -0.755. The molecular weight excluding hydrogens is 378 g/mol. The maximum absolute atomic E-state index is 12.3. The van der Waals surface area contributed by atoms with Crippen LogP contribution in [0.2, 0.25) is 0 Å². The topological polar surface area (TPSA) is 84.9 Å². The first-order chi connectivity index (χ1) is 11.5. The molecule has 2 aliphatic rings. The lowest BCUT2D eigenvalue weighted by Gasteiger charge is -2.25. The first kappa shape index (κ1) is 17.1. The zero-order valence-electron chi connectivity index (χ0n) is 13.2. The smallest absolute Gasteiger partial charge is 0.306 e. The third-order valence-corrected chi connectivity index (χ3v) is 5.16. The fraction of sp³-hybridized carbons (Fsp3) is 0.529. The Morgan fingerprint density at radius 1 is 1.12 bits per heavy atom. The molecule has 0 saturated heterocycles. The van der Waals surface area contributed by atoms with Crippen molar-refractivity contribution in [2.45, 2.75) is 32.2 Å². The SMILES string of the molecule is O=C(O)C1CCC(C(=O)NCc2cc(Br)c3c(c2)OCCO3)CC1. The normalized spacial score (nSPS) is 22.7. The second-order valence-electron chi connectivity index (χ2n) is 6.21. The zero-order chi connectivity index (χ0) is 17.1. The van der Waals surface area contributed by atoms with Crippen LogP contribution in [-0.4, -0.2) is 30.2 Å². The van der Waals surface area contributed by atoms with Gasteiger partial charge >= 0.3 is 5.97 Å². The van der Waals surface area contributed by atoms with E-state index in [-0.39, 0.29) is 17.7 Å². The Bertz CT molecular complexity index is 640. The Morgan fingerprint density at radius 3 is 2.50 bits per heavy atom. The van der Waals surface area contributed by atoms with Crippen LogP contribution in [0.1, 0.15) is 31.2 Å². The third kappa shape index (κ3) is 3.83. The van der Waals surface area contributed by atoms with E-state index in [1.165, 1.54) is 0 Å². The Kier molecular flexibility index (Phi) is 5.28. The third-order valence-electron chi connectivity index (χ3n) is 4.57. The number of amides is 1. The van der Waals surface area contributed by atoms with E-state index in [9.17, 15) is 9.59 Å². The van der Waals surface area contributed by atoms with Gasteiger partial charge in [-0.1, -0.05) is 0 Å². The lowest BCUT2D eigenvalue weighted by molar-refractivity contribution is -0.144. The molecule has 0 bridgehead atoms. The Hall–Kier alpha value is -1.76. The molecule has 0 unspecified atom stereocenters. The summed E-state index contributed by atoms with van der Waals surface area (Å²) in [5.41, 5.74) is 0.929. The van der Waals surface area contributed by atoms with Gasteiger partial charge in [-0.3, -0.25) is 9.59 Å². The van der Waals surface area contributed by atoms with Crippen LogP contribution in [0.25, 0.3) is 0 Å². The van der Waals surface area contributed by atoms with Crippen LogP contribution in [0.3, 0.4) is 0 Å². The van der Waals surface area contributed by atoms with Crippen molar-refractivity contribution in [3.63, 3.8) is 0 Å². The Labute approximate surface area is 148 Å². The molecule has 1 aromatic rings. The molecule has 1 fully saturated rings. The van der Waals surface area contributed by atoms with E-state index in [2.05, 4.69) is 21.2 Å². The van der Waals surface area contributed by atoms with Crippen molar-refractivity contribution in [3.05, 3.63) is 22.2 Å². The molecule has 1 saturated carbocycles. The number of halogens is 1. The largest absolute Gasteiger partial charge is 0.486 e. The molecule has 1 amide bonds. The Morgan fingerprint density at radius 2 is 1.79 bits per heavy atom. The van der Waals surface area contributed by atoms with Crippen LogP contribution in [0, 0.1) is 11.8 Å². The van der Waals surface area contributed by atoms with Crippen molar-refractivity contribution >= 4 is 27.8 Å². The van der Waals surface area contributed by atoms with E-state index in [1.54, 1.807) is 0 Å². The second kappa shape index (κ2) is 7.42. The van der Waals surface area contributed by atoms with Crippen LogP contribution >= 0.6 is 15.9 Å². The van der Waals surface area contributed by atoms with Gasteiger partial charge in [-0.25, -0.2) is 0 Å². The van der Waals surface area contributed by atoms with Gasteiger partial charge in [-0.15, -0.1) is 0 Å². The van der Waals surface area contributed by atoms with Crippen molar-refractivity contribution in [1.82, 2.24) is 5.32 Å². The number of hydrogen-bond donors (Lipinski definition) is 2. The van der Waals surface area contributed by atoms with Gasteiger partial charge in [0.05, 0.1) is 10.4 Å². The van der Waals surface area contributed by atoms with Crippen LogP contribution in [-0.2, 0) is 16.1 Å². The summed E-state index contributed by atoms with van der Waals surface area (Å²) in [7, 11) is 0. The molecule has 1 aromatic carbocycles. The van der Waals surface area contributed by atoms with E-state index in [4.69, 9.17) is 14.6 Å². The minimum absolute atomic E-state index is 0.00940. The standard InChI is InChI=1S/C17H20BrNO5/c18-13-7-10(8-14-15(13)24-6-5-23-14)9-19-16(20)11-1-3-12(4-2-11)17(21)22/h7-8,11-12H,1-6,9H2,(H,19,20)(H,21,22). The van der Waals surface area contributed by atoms with Crippen LogP contribution < -0.4 is 14.8 Å². The van der Waals surface area contributed by atoms with Gasteiger partial charge in [0, 0.05) is 12.5 Å². The van der Waals surface area contributed by atoms with Crippen molar-refractivity contribution in [3.8, 4) is 11.5 Å². The van der Waals surface area contributed by atoms with E-state index < -0.39 is 5.97 Å². The highest BCUT2D eigenvalue weighted by atomic mass is 79.9. The number of fused-ring (bicyclic) bond motifs is 1. The monoisotopic (exact) mass is 397 g/mol. The summed E-state index contributed by atoms with van der Waals surface area (Å²) in [5.74, 6) is 0.217. The highest BCUT2D eigenvalue weighted by Crippen LogP contribution is 2.38. The lowest BCUT2D eigenvalue weighted by atomic mass is 9.81. The molecule has 2 N–H and O–H groups in total. The maximum atomic E-state index is 12.3. The predicted molar refractivity (Wildman–Crippen MR) is 90.1 cm³/mol. The van der Waals surface area contributed by atoms with Crippen molar-refractivity contribution < 1.29 is 24.2 Å². The number of carbonyl (C=O) groups is 2. The molecular formula is C17H20BrNO5. The van der Waals surface area contributed by atoms with E-state index in [0.717, 1.165) is 10.0 Å². The molecule has 0 spiro atoms. The molecule has 0 aromatic heterocycles. The summed E-state index contributed by atoms with van der Waals surface area (Å²) in [6.07, 6.45) is 2.41. The number of benzene rings is 1. The first-order valence-corrected chi connectivity index (χ1v) is 8.92. The van der Waals surface area contributed by atoms with Gasteiger partial charge in [0.15, 0.2) is 11.5 Å². The van der Waals surface area contributed by atoms with Crippen LogP contribution in [0.5, 0.6) is 11.5 Å². The average molecular weight is 398 g/mol. The van der Waals surface area contributed by atoms with Crippen molar-refractivity contribution in [2.75, 3.05) is 13.2 Å². The van der Waals surface area contributed by atoms with Crippen molar-refractivity contribution in [2.24, 2.45) is 11.8 Å². The van der Waals surface area contributed by atoms with Crippen molar-refractivity contribution in [1.29, 1.82) is 0 Å². The number of carboxylic acids is 1. The number of carboxylic acid groups (broad SMARTS) is 1. The lowest BCUT2D eigenvalue weighted by Crippen LogP contribution is -2.34. The number of ether oxygens (including phenoxy) is 2. The first-order valence-electron chi connectivity index (χ1n) is 8.13. The van der Waals surface area contributed by atoms with Crippen LogP contribution in [0.15, 0.2) is 16.6 Å². The van der Waals surface area contributed by atoms with E-state index >= 15 is 0 Å². The number of nitrogens with one attached hydrogen (secondary N) is 1. The summed E-state index contributed by atoms with van der Waals surface area (Å²) in [5, 5.41) is 12.0. The summed E-state index contributed by atoms with van der Waals surface area (Å²) in [6.45, 7) is 1.45. The van der Waals surface area contributed by atoms with E-state index in [1.807, 2.05) is 12.1 Å². The summed E-state index contributed by atoms with van der Waals surface area (Å²) in [6, 6.07) is 3.79. The highest BCUT2D eigenvalue weighted by molar-refractivity contribution is 9.10. The van der Waals surface area contributed by atoms with Gasteiger partial charge in [0.25, 0.3) is 0 Å². The summed E-state index contributed by atoms with van der Waals surface area (Å²) < 4.78 is 11.9. The Balaban J connectivity index is 1.55. The fourth-order valence-corrected chi connectivity index (χ4v) is 3.81. The average Bonchev–Trinajstić information content (AvgIpc) is 2.60. The van der Waals surface area contributed by atoms with Gasteiger partial charge in [0.1, 0.15) is 13.2 Å². The molecule has 24 heavy (non-hydrogen) atoms. The fourth-order valence-electron chi connectivity index (χ4n) is 3.20. The number of aliphatic carboxylic acids is 1. The molecule has 130 valence electrons. The number of rotatable bonds is 4. The van der Waals surface area contributed by atoms with Crippen LogP contribution in [0.4, 0.5) is 0 Å². The molecule has 1 aliphatic heterocycles. The summed E-state index contributed by atoms with van der Waals surface area (Å²) in [4.78, 5) is 23.3. The number of carbonyl (C=O) groups excluding carboxylic acids is 1. The molecule has 1 aliphatic carbocycles. The zero-order valence-corrected chi connectivity index (χ0v) is 14.8. The van der Waals surface area contributed by atoms with Gasteiger partial charge in [-0.05, 0) is 59.3 Å². The second-order valence-corrected chi connectivity index (χ2v) is 7.06. The molecule has 6 nitrogen and oxygen atoms in total. The maximum Gasteiger partial charge on any atom is 0.306 e. The van der Waals surface area contributed by atoms with Gasteiger partial charge in [-0.2, -0.15) is 0 Å².